The number of halogens is 1. The molecule has 0 atom stereocenters. The zero-order chi connectivity index (χ0) is 32.1. The number of Topliss-reactive ketones (excluding diaryl/α,β-unsaturated/α-hetero) is 2. The van der Waals surface area contributed by atoms with Gasteiger partial charge in [0.2, 0.25) is 0 Å². The molecule has 0 saturated carbocycles. The third-order valence-electron chi connectivity index (χ3n) is 9.38. The second-order valence-corrected chi connectivity index (χ2v) is 15.0. The van der Waals surface area contributed by atoms with Crippen LogP contribution in [0.5, 0.6) is 11.5 Å². The molecule has 0 amide bonds. The van der Waals surface area contributed by atoms with Gasteiger partial charge in [0.05, 0.1) is 18.2 Å². The van der Waals surface area contributed by atoms with Crippen molar-refractivity contribution in [2.75, 3.05) is 27.4 Å². The Balaban J connectivity index is 1.47. The highest BCUT2D eigenvalue weighted by atomic mass is 79.9. The molecule has 0 aromatic heterocycles. The number of ketones is 2. The molecule has 0 bridgehead atoms. The topological polar surface area (TPSA) is 65.1 Å². The summed E-state index contributed by atoms with van der Waals surface area (Å²) in [7, 11) is 3.32. The fourth-order valence-corrected chi connectivity index (χ4v) is 8.02. The second kappa shape index (κ2) is 12.1. The van der Waals surface area contributed by atoms with Gasteiger partial charge in [-0.2, -0.15) is 0 Å². The average molecular weight is 673 g/mol. The summed E-state index contributed by atoms with van der Waals surface area (Å²) in [5.74, 6) is 0.868. The van der Waals surface area contributed by atoms with E-state index in [1.165, 1.54) is 0 Å². The van der Waals surface area contributed by atoms with Gasteiger partial charge in [-0.15, -0.1) is 0 Å². The van der Waals surface area contributed by atoms with Gasteiger partial charge in [0, 0.05) is 55.0 Å². The number of rotatable bonds is 8. The standard InChI is InChI=1S/C38H42BrNO5/c1-37(2)18-28-34(30(41)20-37)33(35-29(40(28)14-15-43-5)19-38(3,4)21-31(35)42)25-16-27(39)36(32(17-25)44-6)45-22-24-12-9-11-23-10-7-8-13-26(23)24/h7-13,16-17,33H,14-15,18-22H2,1-6H3. The van der Waals surface area contributed by atoms with Crippen LogP contribution in [-0.2, 0) is 20.9 Å². The van der Waals surface area contributed by atoms with Crippen LogP contribution in [0.4, 0.5) is 0 Å². The number of carbonyl (C=O) groups excluding carboxylic acids is 2. The van der Waals surface area contributed by atoms with E-state index >= 15 is 0 Å². The molecule has 1 heterocycles. The Morgan fingerprint density at radius 3 is 2.09 bits per heavy atom. The number of nitrogens with zero attached hydrogens (tertiary/aromatic N) is 1. The van der Waals surface area contributed by atoms with Crippen molar-refractivity contribution in [3.05, 3.63) is 92.7 Å². The van der Waals surface area contributed by atoms with E-state index in [9.17, 15) is 9.59 Å². The first-order valence-electron chi connectivity index (χ1n) is 15.7. The molecule has 0 unspecified atom stereocenters. The highest BCUT2D eigenvalue weighted by molar-refractivity contribution is 9.10. The van der Waals surface area contributed by atoms with Gasteiger partial charge in [-0.3, -0.25) is 9.59 Å². The maximum absolute atomic E-state index is 14.1. The molecule has 0 saturated heterocycles. The molecule has 45 heavy (non-hydrogen) atoms. The third kappa shape index (κ3) is 5.97. The molecular formula is C38H42BrNO5. The molecule has 1 aliphatic heterocycles. The minimum atomic E-state index is -0.474. The Morgan fingerprint density at radius 2 is 1.47 bits per heavy atom. The van der Waals surface area contributed by atoms with Crippen LogP contribution in [0.3, 0.4) is 0 Å². The number of allylic oxidation sites excluding steroid dienone is 4. The first kappa shape index (κ1) is 31.6. The first-order valence-corrected chi connectivity index (χ1v) is 16.5. The SMILES string of the molecule is COCCN1C2=C(C(=O)CC(C)(C)C2)C(c2cc(Br)c(OCc3cccc4ccccc34)c(OC)c2)C2=C1CC(C)(C)CC2=O. The van der Waals surface area contributed by atoms with Crippen molar-refractivity contribution < 1.29 is 23.8 Å². The van der Waals surface area contributed by atoms with Crippen LogP contribution in [0, 0.1) is 10.8 Å². The third-order valence-corrected chi connectivity index (χ3v) is 9.97. The number of benzene rings is 3. The summed E-state index contributed by atoms with van der Waals surface area (Å²) in [5.41, 5.74) is 5.06. The van der Waals surface area contributed by atoms with Crippen molar-refractivity contribution in [1.82, 2.24) is 4.90 Å². The summed E-state index contributed by atoms with van der Waals surface area (Å²) in [6.07, 6.45) is 2.38. The predicted molar refractivity (Wildman–Crippen MR) is 180 cm³/mol. The quantitative estimate of drug-likeness (QED) is 0.239. The summed E-state index contributed by atoms with van der Waals surface area (Å²) in [6.45, 7) is 10.1. The number of methoxy groups -OCH3 is 2. The lowest BCUT2D eigenvalue weighted by molar-refractivity contribution is -0.119. The smallest absolute Gasteiger partial charge is 0.175 e. The van der Waals surface area contributed by atoms with E-state index in [1.807, 2.05) is 30.3 Å². The van der Waals surface area contributed by atoms with Crippen molar-refractivity contribution in [3.8, 4) is 11.5 Å². The molecule has 0 fully saturated rings. The molecular weight excluding hydrogens is 630 g/mol. The van der Waals surface area contributed by atoms with Gasteiger partial charge in [-0.1, -0.05) is 70.2 Å². The Hall–Kier alpha value is -3.42. The fraction of sp³-hybridized carbons (Fsp3) is 0.421. The number of fused-ring (bicyclic) bond motifs is 1. The van der Waals surface area contributed by atoms with E-state index < -0.39 is 5.92 Å². The highest BCUT2D eigenvalue weighted by Crippen LogP contribution is 2.55. The van der Waals surface area contributed by atoms with E-state index in [1.54, 1.807) is 14.2 Å². The van der Waals surface area contributed by atoms with Crippen LogP contribution in [0.2, 0.25) is 0 Å². The molecule has 236 valence electrons. The monoisotopic (exact) mass is 671 g/mol. The maximum Gasteiger partial charge on any atom is 0.175 e. The van der Waals surface area contributed by atoms with Crippen LogP contribution in [0.25, 0.3) is 10.8 Å². The minimum Gasteiger partial charge on any atom is -0.493 e. The van der Waals surface area contributed by atoms with E-state index in [-0.39, 0.29) is 22.4 Å². The van der Waals surface area contributed by atoms with Gasteiger partial charge in [-0.05, 0) is 73.6 Å². The number of ether oxygens (including phenoxy) is 3. The second-order valence-electron chi connectivity index (χ2n) is 14.1. The van der Waals surface area contributed by atoms with Crippen LogP contribution in [-0.4, -0.2) is 43.8 Å². The highest BCUT2D eigenvalue weighted by Gasteiger charge is 2.49. The molecule has 7 heteroatoms. The minimum absolute atomic E-state index is 0.101. The summed E-state index contributed by atoms with van der Waals surface area (Å²) in [5, 5.41) is 2.30. The lowest BCUT2D eigenvalue weighted by Crippen LogP contribution is -2.45. The normalized spacial score (nSPS) is 19.6. The molecule has 6 rings (SSSR count). The number of hydrogen-bond donors (Lipinski definition) is 0. The van der Waals surface area contributed by atoms with Crippen LogP contribution >= 0.6 is 15.9 Å². The van der Waals surface area contributed by atoms with E-state index in [0.29, 0.717) is 44.1 Å². The molecule has 3 aromatic rings. The Bertz CT molecular complexity index is 1690. The van der Waals surface area contributed by atoms with Crippen LogP contribution in [0.1, 0.15) is 70.4 Å². The van der Waals surface area contributed by atoms with Crippen molar-refractivity contribution in [2.24, 2.45) is 10.8 Å². The van der Waals surface area contributed by atoms with Gasteiger partial charge in [0.15, 0.2) is 23.1 Å². The fourth-order valence-electron chi connectivity index (χ4n) is 7.45. The Morgan fingerprint density at radius 1 is 0.844 bits per heavy atom. The van der Waals surface area contributed by atoms with Crippen molar-refractivity contribution >= 4 is 38.3 Å². The maximum atomic E-state index is 14.1. The van der Waals surface area contributed by atoms with Crippen molar-refractivity contribution in [2.45, 2.75) is 65.9 Å². The van der Waals surface area contributed by atoms with E-state index in [4.69, 9.17) is 14.2 Å². The first-order chi connectivity index (χ1) is 21.4. The summed E-state index contributed by atoms with van der Waals surface area (Å²) < 4.78 is 18.6. The van der Waals surface area contributed by atoms with Gasteiger partial charge < -0.3 is 19.1 Å². The van der Waals surface area contributed by atoms with Gasteiger partial charge in [-0.25, -0.2) is 0 Å². The molecule has 2 aliphatic carbocycles. The number of carbonyl (C=O) groups is 2. The summed E-state index contributed by atoms with van der Waals surface area (Å²) in [6, 6.07) is 18.4. The molecule has 6 nitrogen and oxygen atoms in total. The number of hydrogen-bond acceptors (Lipinski definition) is 6. The summed E-state index contributed by atoms with van der Waals surface area (Å²) >= 11 is 3.78. The van der Waals surface area contributed by atoms with Crippen LogP contribution in [0.15, 0.2) is 81.6 Å². The lowest BCUT2D eigenvalue weighted by Gasteiger charge is -2.49. The zero-order valence-corrected chi connectivity index (χ0v) is 28.7. The van der Waals surface area contributed by atoms with Crippen molar-refractivity contribution in [3.63, 3.8) is 0 Å². The predicted octanol–water partition coefficient (Wildman–Crippen LogP) is 8.52. The lowest BCUT2D eigenvalue weighted by atomic mass is 9.63. The molecule has 0 spiro atoms. The molecule has 0 N–H and O–H groups in total. The molecule has 3 aromatic carbocycles. The van der Waals surface area contributed by atoms with E-state index in [2.05, 4.69) is 72.8 Å². The summed E-state index contributed by atoms with van der Waals surface area (Å²) in [4.78, 5) is 30.5. The van der Waals surface area contributed by atoms with Gasteiger partial charge in [0.1, 0.15) is 6.61 Å². The van der Waals surface area contributed by atoms with Crippen LogP contribution < -0.4 is 9.47 Å². The Kier molecular flexibility index (Phi) is 8.46. The molecule has 0 radical (unpaired) electrons. The zero-order valence-electron chi connectivity index (χ0n) is 27.1. The van der Waals surface area contributed by atoms with Crippen molar-refractivity contribution in [1.29, 1.82) is 0 Å². The largest absolute Gasteiger partial charge is 0.493 e. The molecule has 3 aliphatic rings. The van der Waals surface area contributed by atoms with Gasteiger partial charge >= 0.3 is 0 Å². The average Bonchev–Trinajstić information content (AvgIpc) is 2.97. The van der Waals surface area contributed by atoms with E-state index in [0.717, 1.165) is 61.8 Å². The van der Waals surface area contributed by atoms with Gasteiger partial charge in [0.25, 0.3) is 0 Å². The Labute approximate surface area is 274 Å².